The van der Waals surface area contributed by atoms with Gasteiger partial charge in [-0.05, 0) is 30.4 Å². The number of aromatic nitrogens is 1. The Bertz CT molecular complexity index is 343. The number of piperidine rings is 1. The van der Waals surface area contributed by atoms with Crippen LogP contribution in [0.25, 0.3) is 0 Å². The molecule has 2 N–H and O–H groups in total. The van der Waals surface area contributed by atoms with E-state index in [-0.39, 0.29) is 0 Å². The fourth-order valence-corrected chi connectivity index (χ4v) is 2.37. The van der Waals surface area contributed by atoms with Gasteiger partial charge in [0, 0.05) is 19.6 Å². The summed E-state index contributed by atoms with van der Waals surface area (Å²) >= 11 is 0. The Morgan fingerprint density at radius 2 is 2.25 bits per heavy atom. The third kappa shape index (κ3) is 2.53. The van der Waals surface area contributed by atoms with E-state index in [0.29, 0.717) is 12.0 Å². The summed E-state index contributed by atoms with van der Waals surface area (Å²) in [5.41, 5.74) is 8.15. The van der Waals surface area contributed by atoms with Crippen LogP contribution in [0.1, 0.15) is 32.4 Å². The zero-order chi connectivity index (χ0) is 11.6. The summed E-state index contributed by atoms with van der Waals surface area (Å²) in [6, 6.07) is 4.16. The van der Waals surface area contributed by atoms with E-state index in [2.05, 4.69) is 29.8 Å². The maximum absolute atomic E-state index is 5.55. The largest absolute Gasteiger partial charge is 0.370 e. The summed E-state index contributed by atoms with van der Waals surface area (Å²) in [6.07, 6.45) is 4.53. The molecule has 0 aromatic carbocycles. The molecule has 0 atom stereocenters. The molecule has 0 aliphatic carbocycles. The quantitative estimate of drug-likeness (QED) is 0.829. The highest BCUT2D eigenvalue weighted by atomic mass is 15.1. The van der Waals surface area contributed by atoms with Crippen molar-refractivity contribution in [3.63, 3.8) is 0 Å². The molecule has 0 radical (unpaired) electrons. The van der Waals surface area contributed by atoms with E-state index in [9.17, 15) is 0 Å². The lowest BCUT2D eigenvalue weighted by Gasteiger charge is -2.39. The van der Waals surface area contributed by atoms with Crippen LogP contribution >= 0.6 is 0 Å². The second-order valence-corrected chi connectivity index (χ2v) is 5.40. The highest BCUT2D eigenvalue weighted by Gasteiger charge is 2.26. The molecule has 1 aromatic heterocycles. The summed E-state index contributed by atoms with van der Waals surface area (Å²) in [4.78, 5) is 6.78. The van der Waals surface area contributed by atoms with Crippen LogP contribution in [0.4, 0.5) is 5.69 Å². The molecule has 1 saturated heterocycles. The van der Waals surface area contributed by atoms with Crippen molar-refractivity contribution in [2.75, 3.05) is 18.0 Å². The number of hydrogen-bond acceptors (Lipinski definition) is 3. The number of anilines is 1. The molecule has 1 aliphatic heterocycles. The van der Waals surface area contributed by atoms with Gasteiger partial charge in [-0.2, -0.15) is 0 Å². The first-order chi connectivity index (χ1) is 7.61. The van der Waals surface area contributed by atoms with E-state index in [1.807, 2.05) is 12.3 Å². The summed E-state index contributed by atoms with van der Waals surface area (Å²) in [5, 5.41) is 0. The van der Waals surface area contributed by atoms with Crippen molar-refractivity contribution in [2.45, 2.75) is 33.2 Å². The van der Waals surface area contributed by atoms with Crippen molar-refractivity contribution in [1.29, 1.82) is 0 Å². The zero-order valence-corrected chi connectivity index (χ0v) is 10.2. The second-order valence-electron chi connectivity index (χ2n) is 5.40. The van der Waals surface area contributed by atoms with E-state index in [1.54, 1.807) is 0 Å². The van der Waals surface area contributed by atoms with Gasteiger partial charge in [-0.15, -0.1) is 0 Å². The molecule has 2 heterocycles. The number of pyridine rings is 1. The predicted molar refractivity (Wildman–Crippen MR) is 67.4 cm³/mol. The van der Waals surface area contributed by atoms with E-state index < -0.39 is 0 Å². The molecule has 0 amide bonds. The van der Waals surface area contributed by atoms with Crippen molar-refractivity contribution in [3.8, 4) is 0 Å². The molecule has 1 fully saturated rings. The second kappa shape index (κ2) is 4.42. The Hall–Kier alpha value is -1.09. The van der Waals surface area contributed by atoms with Gasteiger partial charge in [0.15, 0.2) is 0 Å². The van der Waals surface area contributed by atoms with Crippen LogP contribution in [0.5, 0.6) is 0 Å². The molecular weight excluding hydrogens is 198 g/mol. The Morgan fingerprint density at radius 3 is 2.81 bits per heavy atom. The SMILES string of the molecule is CC1(C)CCCN(c2ccc(CN)nc2)C1. The number of nitrogens with zero attached hydrogens (tertiary/aromatic N) is 2. The van der Waals surface area contributed by atoms with Crippen LogP contribution in [0.15, 0.2) is 18.3 Å². The lowest BCUT2D eigenvalue weighted by atomic mass is 9.84. The van der Waals surface area contributed by atoms with Gasteiger partial charge in [0.1, 0.15) is 0 Å². The molecular formula is C13H21N3. The van der Waals surface area contributed by atoms with E-state index in [1.165, 1.54) is 18.5 Å². The van der Waals surface area contributed by atoms with E-state index in [0.717, 1.165) is 18.8 Å². The molecule has 16 heavy (non-hydrogen) atoms. The minimum Gasteiger partial charge on any atom is -0.370 e. The van der Waals surface area contributed by atoms with Crippen LogP contribution < -0.4 is 10.6 Å². The standard InChI is InChI=1S/C13H21N3/c1-13(2)6-3-7-16(10-13)12-5-4-11(8-14)15-9-12/h4-5,9H,3,6-8,10,14H2,1-2H3. The van der Waals surface area contributed by atoms with Gasteiger partial charge in [-0.3, -0.25) is 4.98 Å². The third-order valence-electron chi connectivity index (χ3n) is 3.28. The van der Waals surface area contributed by atoms with Gasteiger partial charge in [0.25, 0.3) is 0 Å². The van der Waals surface area contributed by atoms with Crippen molar-refractivity contribution in [3.05, 3.63) is 24.0 Å². The molecule has 0 spiro atoms. The van der Waals surface area contributed by atoms with Crippen LogP contribution in [0, 0.1) is 5.41 Å². The van der Waals surface area contributed by atoms with E-state index in [4.69, 9.17) is 5.73 Å². The van der Waals surface area contributed by atoms with Crippen molar-refractivity contribution >= 4 is 5.69 Å². The van der Waals surface area contributed by atoms with Crippen LogP contribution in [-0.2, 0) is 6.54 Å². The van der Waals surface area contributed by atoms with Crippen LogP contribution in [0.3, 0.4) is 0 Å². The first-order valence-electron chi connectivity index (χ1n) is 6.01. The lowest BCUT2D eigenvalue weighted by Crippen LogP contribution is -2.40. The van der Waals surface area contributed by atoms with Gasteiger partial charge in [-0.25, -0.2) is 0 Å². The maximum atomic E-state index is 5.55. The summed E-state index contributed by atoms with van der Waals surface area (Å²) < 4.78 is 0. The first kappa shape index (κ1) is 11.4. The Labute approximate surface area is 97.7 Å². The normalized spacial score (nSPS) is 19.8. The average molecular weight is 219 g/mol. The molecule has 0 unspecified atom stereocenters. The fourth-order valence-electron chi connectivity index (χ4n) is 2.37. The molecule has 88 valence electrons. The average Bonchev–Trinajstić information content (AvgIpc) is 2.28. The monoisotopic (exact) mass is 219 g/mol. The fraction of sp³-hybridized carbons (Fsp3) is 0.615. The van der Waals surface area contributed by atoms with Gasteiger partial charge in [0.2, 0.25) is 0 Å². The maximum Gasteiger partial charge on any atom is 0.0553 e. The Kier molecular flexibility index (Phi) is 3.15. The molecule has 0 bridgehead atoms. The minimum absolute atomic E-state index is 0.421. The van der Waals surface area contributed by atoms with Gasteiger partial charge in [-0.1, -0.05) is 13.8 Å². The molecule has 0 saturated carbocycles. The minimum atomic E-state index is 0.421. The Morgan fingerprint density at radius 1 is 1.44 bits per heavy atom. The van der Waals surface area contributed by atoms with Gasteiger partial charge in [0.05, 0.1) is 17.6 Å². The Balaban J connectivity index is 2.11. The van der Waals surface area contributed by atoms with Crippen molar-refractivity contribution in [2.24, 2.45) is 11.1 Å². The number of nitrogens with two attached hydrogens (primary N) is 1. The molecule has 3 nitrogen and oxygen atoms in total. The van der Waals surface area contributed by atoms with Crippen LogP contribution in [0.2, 0.25) is 0 Å². The summed E-state index contributed by atoms with van der Waals surface area (Å²) in [7, 11) is 0. The van der Waals surface area contributed by atoms with Crippen molar-refractivity contribution < 1.29 is 0 Å². The zero-order valence-electron chi connectivity index (χ0n) is 10.2. The molecule has 2 rings (SSSR count). The molecule has 1 aliphatic rings. The number of rotatable bonds is 2. The molecule has 1 aromatic rings. The van der Waals surface area contributed by atoms with Crippen LogP contribution in [-0.4, -0.2) is 18.1 Å². The van der Waals surface area contributed by atoms with Gasteiger partial charge < -0.3 is 10.6 Å². The summed E-state index contributed by atoms with van der Waals surface area (Å²) in [5.74, 6) is 0. The first-order valence-corrected chi connectivity index (χ1v) is 6.01. The van der Waals surface area contributed by atoms with Gasteiger partial charge >= 0.3 is 0 Å². The van der Waals surface area contributed by atoms with Crippen molar-refractivity contribution in [1.82, 2.24) is 4.98 Å². The highest BCUT2D eigenvalue weighted by molar-refractivity contribution is 5.45. The summed E-state index contributed by atoms with van der Waals surface area (Å²) in [6.45, 7) is 7.46. The smallest absolute Gasteiger partial charge is 0.0553 e. The lowest BCUT2D eigenvalue weighted by molar-refractivity contribution is 0.293. The third-order valence-corrected chi connectivity index (χ3v) is 3.28. The molecule has 3 heteroatoms. The topological polar surface area (TPSA) is 42.1 Å². The highest BCUT2D eigenvalue weighted by Crippen LogP contribution is 2.31. The number of hydrogen-bond donors (Lipinski definition) is 1. The predicted octanol–water partition coefficient (Wildman–Crippen LogP) is 2.17. The van der Waals surface area contributed by atoms with E-state index >= 15 is 0 Å².